The molecule has 1 aromatic rings. The molecule has 0 atom stereocenters. The van der Waals surface area contributed by atoms with Crippen molar-refractivity contribution in [3.05, 3.63) is 4.88 Å². The molecule has 7 nitrogen and oxygen atoms in total. The van der Waals surface area contributed by atoms with Crippen molar-refractivity contribution < 1.29 is 9.59 Å². The van der Waals surface area contributed by atoms with Gasteiger partial charge in [-0.1, -0.05) is 11.3 Å². The number of carbonyl (C=O) groups excluding carboxylic acids is 2. The molecule has 0 aromatic carbocycles. The Labute approximate surface area is 127 Å². The Kier molecular flexibility index (Phi) is 5.38. The Bertz CT molecular complexity index is 513. The van der Waals surface area contributed by atoms with Gasteiger partial charge in [-0.05, 0) is 32.1 Å². The van der Waals surface area contributed by atoms with E-state index in [0.717, 1.165) is 12.8 Å². The summed E-state index contributed by atoms with van der Waals surface area (Å²) in [6.07, 6.45) is 5.23. The van der Waals surface area contributed by atoms with Crippen molar-refractivity contribution in [2.75, 3.05) is 17.6 Å². The molecule has 8 heteroatoms. The molecule has 21 heavy (non-hydrogen) atoms. The van der Waals surface area contributed by atoms with E-state index in [1.165, 1.54) is 17.8 Å². The highest BCUT2D eigenvalue weighted by Gasteiger charge is 2.21. The first-order valence-corrected chi connectivity index (χ1v) is 7.97. The highest BCUT2D eigenvalue weighted by Crippen LogP contribution is 2.29. The SMILES string of the molecule is NC(=O)CCCCNC(=O)c1sc(NC2CCC2)nc1N. The zero-order valence-corrected chi connectivity index (χ0v) is 12.7. The van der Waals surface area contributed by atoms with Crippen molar-refractivity contribution in [2.45, 2.75) is 44.6 Å². The van der Waals surface area contributed by atoms with Crippen LogP contribution >= 0.6 is 11.3 Å². The van der Waals surface area contributed by atoms with Crippen LogP contribution in [0.25, 0.3) is 0 Å². The van der Waals surface area contributed by atoms with Gasteiger partial charge in [0.2, 0.25) is 5.91 Å². The standard InChI is InChI=1S/C13H21N5O2S/c14-9(19)6-1-2-7-16-12(20)10-11(15)18-13(21-10)17-8-4-3-5-8/h8H,1-7,15H2,(H2,14,19)(H,16,20)(H,17,18). The van der Waals surface area contributed by atoms with Crippen molar-refractivity contribution in [3.8, 4) is 0 Å². The lowest BCUT2D eigenvalue weighted by Crippen LogP contribution is -2.26. The smallest absolute Gasteiger partial charge is 0.265 e. The number of anilines is 2. The molecule has 0 bridgehead atoms. The predicted octanol–water partition coefficient (Wildman–Crippen LogP) is 1.08. The average Bonchev–Trinajstić information content (AvgIpc) is 2.74. The minimum absolute atomic E-state index is 0.217. The van der Waals surface area contributed by atoms with E-state index in [1.54, 1.807) is 0 Å². The first-order chi connectivity index (χ1) is 10.1. The third-order valence-corrected chi connectivity index (χ3v) is 4.43. The number of aromatic nitrogens is 1. The number of nitrogens with two attached hydrogens (primary N) is 2. The third kappa shape index (κ3) is 4.59. The van der Waals surface area contributed by atoms with Crippen LogP contribution in [0.15, 0.2) is 0 Å². The van der Waals surface area contributed by atoms with E-state index in [4.69, 9.17) is 11.5 Å². The Balaban J connectivity index is 1.77. The number of hydrogen-bond donors (Lipinski definition) is 4. The molecule has 2 amide bonds. The molecule has 1 heterocycles. The molecule has 0 aliphatic heterocycles. The topological polar surface area (TPSA) is 123 Å². The highest BCUT2D eigenvalue weighted by molar-refractivity contribution is 7.18. The van der Waals surface area contributed by atoms with Crippen LogP contribution in [-0.2, 0) is 4.79 Å². The fraction of sp³-hybridized carbons (Fsp3) is 0.615. The lowest BCUT2D eigenvalue weighted by atomic mass is 9.93. The largest absolute Gasteiger partial charge is 0.382 e. The summed E-state index contributed by atoms with van der Waals surface area (Å²) in [6, 6.07) is 0.459. The van der Waals surface area contributed by atoms with Gasteiger partial charge in [-0.2, -0.15) is 0 Å². The fourth-order valence-corrected chi connectivity index (χ4v) is 2.87. The maximum absolute atomic E-state index is 12.0. The molecule has 2 rings (SSSR count). The van der Waals surface area contributed by atoms with Gasteiger partial charge in [-0.3, -0.25) is 9.59 Å². The second-order valence-electron chi connectivity index (χ2n) is 5.18. The average molecular weight is 311 g/mol. The van der Waals surface area contributed by atoms with Crippen molar-refractivity contribution in [1.82, 2.24) is 10.3 Å². The van der Waals surface area contributed by atoms with Crippen LogP contribution in [0.4, 0.5) is 10.9 Å². The molecule has 1 aromatic heterocycles. The normalized spacial score (nSPS) is 14.5. The number of nitrogens with zero attached hydrogens (tertiary/aromatic N) is 1. The lowest BCUT2D eigenvalue weighted by molar-refractivity contribution is -0.118. The van der Waals surface area contributed by atoms with Gasteiger partial charge in [0.15, 0.2) is 5.13 Å². The lowest BCUT2D eigenvalue weighted by Gasteiger charge is -2.25. The summed E-state index contributed by atoms with van der Waals surface area (Å²) in [4.78, 5) is 27.2. The van der Waals surface area contributed by atoms with Gasteiger partial charge in [0.1, 0.15) is 10.7 Å². The molecule has 116 valence electrons. The predicted molar refractivity (Wildman–Crippen MR) is 83.2 cm³/mol. The fourth-order valence-electron chi connectivity index (χ4n) is 1.99. The van der Waals surface area contributed by atoms with Crippen LogP contribution in [0, 0.1) is 0 Å². The van der Waals surface area contributed by atoms with E-state index in [1.807, 2.05) is 0 Å². The number of amides is 2. The summed E-state index contributed by atoms with van der Waals surface area (Å²) < 4.78 is 0. The highest BCUT2D eigenvalue weighted by atomic mass is 32.1. The van der Waals surface area contributed by atoms with Gasteiger partial charge in [-0.25, -0.2) is 4.98 Å². The zero-order chi connectivity index (χ0) is 15.2. The molecule has 1 aliphatic carbocycles. The van der Waals surface area contributed by atoms with Gasteiger partial charge < -0.3 is 22.1 Å². The van der Waals surface area contributed by atoms with Crippen molar-refractivity contribution >= 4 is 34.1 Å². The number of primary amides is 1. The number of unbranched alkanes of at least 4 members (excludes halogenated alkanes) is 1. The monoisotopic (exact) mass is 311 g/mol. The zero-order valence-electron chi connectivity index (χ0n) is 11.9. The molecular formula is C13H21N5O2S. The second-order valence-corrected chi connectivity index (χ2v) is 6.18. The van der Waals surface area contributed by atoms with Crippen molar-refractivity contribution in [2.24, 2.45) is 5.73 Å². The van der Waals surface area contributed by atoms with Gasteiger partial charge in [-0.15, -0.1) is 0 Å². The number of nitrogens with one attached hydrogen (secondary N) is 2. The van der Waals surface area contributed by atoms with Gasteiger partial charge in [0.05, 0.1) is 0 Å². The molecule has 0 radical (unpaired) electrons. The van der Waals surface area contributed by atoms with E-state index in [2.05, 4.69) is 15.6 Å². The van der Waals surface area contributed by atoms with E-state index in [9.17, 15) is 9.59 Å². The van der Waals surface area contributed by atoms with Crippen molar-refractivity contribution in [1.29, 1.82) is 0 Å². The summed E-state index contributed by atoms with van der Waals surface area (Å²) in [5.74, 6) is -0.276. The van der Waals surface area contributed by atoms with E-state index in [-0.39, 0.29) is 17.6 Å². The summed E-state index contributed by atoms with van der Waals surface area (Å²) >= 11 is 1.28. The number of carbonyl (C=O) groups is 2. The third-order valence-electron chi connectivity index (χ3n) is 3.43. The van der Waals surface area contributed by atoms with Crippen LogP contribution < -0.4 is 22.1 Å². The Morgan fingerprint density at radius 1 is 1.33 bits per heavy atom. The first-order valence-electron chi connectivity index (χ1n) is 7.15. The van der Waals surface area contributed by atoms with E-state index < -0.39 is 0 Å². The quantitative estimate of drug-likeness (QED) is 0.535. The van der Waals surface area contributed by atoms with Crippen LogP contribution in [0.1, 0.15) is 48.2 Å². The molecule has 1 saturated carbocycles. The Hall–Kier alpha value is -1.83. The molecule has 1 aliphatic rings. The second kappa shape index (κ2) is 7.26. The summed E-state index contributed by atoms with van der Waals surface area (Å²) in [6.45, 7) is 0.495. The van der Waals surface area contributed by atoms with E-state index >= 15 is 0 Å². The molecule has 0 saturated heterocycles. The summed E-state index contributed by atoms with van der Waals surface area (Å²) in [5.41, 5.74) is 10.8. The minimum Gasteiger partial charge on any atom is -0.382 e. The maximum Gasteiger partial charge on any atom is 0.265 e. The van der Waals surface area contributed by atoms with Gasteiger partial charge >= 0.3 is 0 Å². The van der Waals surface area contributed by atoms with Crippen LogP contribution in [0.5, 0.6) is 0 Å². The summed E-state index contributed by atoms with van der Waals surface area (Å²) in [5, 5.41) is 6.76. The van der Waals surface area contributed by atoms with Gasteiger partial charge in [0.25, 0.3) is 5.91 Å². The number of thiazole rings is 1. The van der Waals surface area contributed by atoms with Crippen molar-refractivity contribution in [3.63, 3.8) is 0 Å². The molecular weight excluding hydrogens is 290 g/mol. The first kappa shape index (κ1) is 15.6. The number of hydrogen-bond acceptors (Lipinski definition) is 6. The molecule has 0 spiro atoms. The molecule has 1 fully saturated rings. The molecule has 6 N–H and O–H groups in total. The number of nitrogen functional groups attached to an aromatic ring is 1. The summed E-state index contributed by atoms with van der Waals surface area (Å²) in [7, 11) is 0. The van der Waals surface area contributed by atoms with Crippen LogP contribution in [0.3, 0.4) is 0 Å². The Morgan fingerprint density at radius 2 is 2.10 bits per heavy atom. The minimum atomic E-state index is -0.320. The Morgan fingerprint density at radius 3 is 2.71 bits per heavy atom. The van der Waals surface area contributed by atoms with E-state index in [0.29, 0.717) is 41.9 Å². The van der Waals surface area contributed by atoms with Crippen LogP contribution in [0.2, 0.25) is 0 Å². The number of rotatable bonds is 8. The maximum atomic E-state index is 12.0. The molecule has 0 unspecified atom stereocenters. The van der Waals surface area contributed by atoms with Crippen LogP contribution in [-0.4, -0.2) is 29.4 Å². The van der Waals surface area contributed by atoms with Gasteiger partial charge in [0, 0.05) is 19.0 Å².